The first kappa shape index (κ1) is 21.2. The van der Waals surface area contributed by atoms with Crippen molar-refractivity contribution in [2.75, 3.05) is 10.0 Å². The van der Waals surface area contributed by atoms with E-state index in [9.17, 15) is 18.0 Å². The maximum atomic E-state index is 12.6. The number of aromatic nitrogens is 2. The van der Waals surface area contributed by atoms with E-state index in [2.05, 4.69) is 20.0 Å². The Hall–Kier alpha value is -4.05. The van der Waals surface area contributed by atoms with E-state index in [0.29, 0.717) is 28.0 Å². The highest BCUT2D eigenvalue weighted by atomic mass is 32.2. The van der Waals surface area contributed by atoms with Crippen molar-refractivity contribution in [2.24, 2.45) is 0 Å². The normalized spacial score (nSPS) is 11.3. The number of carbonyl (C=O) groups excluding carboxylic acids is 1. The molecule has 9 nitrogen and oxygen atoms in total. The fraction of sp³-hybridized carbons (Fsp3) is 0.0909. The number of amides is 1. The summed E-state index contributed by atoms with van der Waals surface area (Å²) >= 11 is 0. The van der Waals surface area contributed by atoms with Gasteiger partial charge in [-0.2, -0.15) is 0 Å². The molecule has 4 aromatic rings. The summed E-state index contributed by atoms with van der Waals surface area (Å²) in [5.41, 5.74) is 1.03. The van der Waals surface area contributed by atoms with Crippen LogP contribution in [0.2, 0.25) is 0 Å². The summed E-state index contributed by atoms with van der Waals surface area (Å²) in [6, 6.07) is 15.5. The number of hydrogen-bond donors (Lipinski definition) is 2. The number of para-hydroxylation sites is 1. The number of benzene rings is 2. The lowest BCUT2D eigenvalue weighted by molar-refractivity contribution is 0.102. The van der Waals surface area contributed by atoms with Crippen molar-refractivity contribution >= 4 is 38.5 Å². The minimum absolute atomic E-state index is 0.0251. The van der Waals surface area contributed by atoms with Gasteiger partial charge in [-0.3, -0.25) is 4.79 Å². The molecule has 0 unspecified atom stereocenters. The number of sulfonamides is 1. The molecule has 162 valence electrons. The highest BCUT2D eigenvalue weighted by Crippen LogP contribution is 2.18. The Bertz CT molecular complexity index is 1480. The van der Waals surface area contributed by atoms with E-state index in [-0.39, 0.29) is 16.4 Å². The third-order valence-corrected chi connectivity index (χ3v) is 5.86. The van der Waals surface area contributed by atoms with E-state index >= 15 is 0 Å². The van der Waals surface area contributed by atoms with Crippen LogP contribution in [0.5, 0.6) is 0 Å². The number of nitrogens with one attached hydrogen (secondary N) is 2. The van der Waals surface area contributed by atoms with Crippen molar-refractivity contribution in [1.82, 2.24) is 9.97 Å². The van der Waals surface area contributed by atoms with E-state index < -0.39 is 21.6 Å². The first-order chi connectivity index (χ1) is 15.2. The number of fused-ring (bicyclic) bond motifs is 1. The van der Waals surface area contributed by atoms with Gasteiger partial charge in [-0.1, -0.05) is 18.2 Å². The lowest BCUT2D eigenvalue weighted by Gasteiger charge is -2.09. The van der Waals surface area contributed by atoms with Crippen LogP contribution in [0.1, 0.15) is 21.7 Å². The molecule has 0 bridgehead atoms. The van der Waals surface area contributed by atoms with Crippen LogP contribution in [0.25, 0.3) is 11.0 Å². The number of hydrogen-bond acceptors (Lipinski definition) is 7. The van der Waals surface area contributed by atoms with E-state index in [1.54, 1.807) is 44.2 Å². The summed E-state index contributed by atoms with van der Waals surface area (Å²) in [5.74, 6) is -0.690. The van der Waals surface area contributed by atoms with Gasteiger partial charge in [-0.05, 0) is 56.3 Å². The molecule has 0 aliphatic heterocycles. The fourth-order valence-electron chi connectivity index (χ4n) is 3.09. The highest BCUT2D eigenvalue weighted by molar-refractivity contribution is 7.92. The topological polar surface area (TPSA) is 131 Å². The number of rotatable bonds is 5. The molecule has 0 atom stereocenters. The van der Waals surface area contributed by atoms with Crippen LogP contribution < -0.4 is 15.7 Å². The van der Waals surface area contributed by atoms with Crippen molar-refractivity contribution in [3.05, 3.63) is 88.0 Å². The van der Waals surface area contributed by atoms with Crippen LogP contribution in [0.4, 0.5) is 11.6 Å². The highest BCUT2D eigenvalue weighted by Gasteiger charge is 2.18. The monoisotopic (exact) mass is 450 g/mol. The summed E-state index contributed by atoms with van der Waals surface area (Å²) in [5, 5.41) is 3.18. The molecule has 32 heavy (non-hydrogen) atoms. The molecule has 0 fully saturated rings. The Morgan fingerprint density at radius 3 is 2.28 bits per heavy atom. The van der Waals surface area contributed by atoms with Crippen LogP contribution >= 0.6 is 0 Å². The second kappa shape index (κ2) is 8.23. The smallest absolute Gasteiger partial charge is 0.349 e. The quantitative estimate of drug-likeness (QED) is 0.446. The first-order valence-electron chi connectivity index (χ1n) is 9.51. The van der Waals surface area contributed by atoms with Gasteiger partial charge in [0.1, 0.15) is 11.1 Å². The van der Waals surface area contributed by atoms with Gasteiger partial charge in [0.05, 0.1) is 4.90 Å². The van der Waals surface area contributed by atoms with Crippen LogP contribution in [-0.2, 0) is 10.0 Å². The molecule has 2 aromatic heterocycles. The molecular weight excluding hydrogens is 432 g/mol. The average molecular weight is 450 g/mol. The molecule has 2 heterocycles. The van der Waals surface area contributed by atoms with Crippen molar-refractivity contribution in [2.45, 2.75) is 18.7 Å². The van der Waals surface area contributed by atoms with Crippen LogP contribution in [-0.4, -0.2) is 24.3 Å². The molecule has 0 radical (unpaired) electrons. The van der Waals surface area contributed by atoms with Gasteiger partial charge < -0.3 is 9.73 Å². The molecule has 0 saturated carbocycles. The minimum atomic E-state index is -3.93. The van der Waals surface area contributed by atoms with Gasteiger partial charge >= 0.3 is 5.63 Å². The van der Waals surface area contributed by atoms with Crippen LogP contribution in [0, 0.1) is 13.8 Å². The van der Waals surface area contributed by atoms with Gasteiger partial charge in [0.2, 0.25) is 5.95 Å². The van der Waals surface area contributed by atoms with Crippen molar-refractivity contribution in [1.29, 1.82) is 0 Å². The Labute approximate surface area is 183 Å². The second-order valence-electron chi connectivity index (χ2n) is 7.04. The second-order valence-corrected chi connectivity index (χ2v) is 8.73. The number of anilines is 2. The maximum Gasteiger partial charge on any atom is 0.349 e. The molecule has 0 aliphatic carbocycles. The Morgan fingerprint density at radius 1 is 0.938 bits per heavy atom. The molecule has 0 spiro atoms. The van der Waals surface area contributed by atoms with Crippen molar-refractivity contribution in [3.8, 4) is 0 Å². The molecule has 2 aromatic carbocycles. The van der Waals surface area contributed by atoms with E-state index in [0.717, 1.165) is 0 Å². The lowest BCUT2D eigenvalue weighted by atomic mass is 10.1. The number of carbonyl (C=O) groups is 1. The van der Waals surface area contributed by atoms with Gasteiger partial charge in [-0.25, -0.2) is 27.9 Å². The van der Waals surface area contributed by atoms with E-state index in [4.69, 9.17) is 4.42 Å². The molecular formula is C22H18N4O5S. The van der Waals surface area contributed by atoms with Crippen molar-refractivity contribution < 1.29 is 17.6 Å². The maximum absolute atomic E-state index is 12.6. The van der Waals surface area contributed by atoms with Gasteiger partial charge in [0, 0.05) is 22.5 Å². The zero-order chi connectivity index (χ0) is 22.9. The third kappa shape index (κ3) is 4.49. The Balaban J connectivity index is 1.53. The molecule has 0 aliphatic rings. The third-order valence-electron chi connectivity index (χ3n) is 4.52. The molecule has 10 heteroatoms. The SMILES string of the molecule is Cc1cc(C)nc(NS(=O)(=O)c2ccc(NC(=O)c3cc4ccccc4oc3=O)cc2)n1. The molecule has 1 amide bonds. The molecule has 2 N–H and O–H groups in total. The summed E-state index contributed by atoms with van der Waals surface area (Å²) in [6.07, 6.45) is 0. The standard InChI is InChI=1S/C22H18N4O5S/c1-13-11-14(2)24-22(23-13)26-32(29,30)17-9-7-16(8-10-17)25-20(27)18-12-15-5-3-4-6-19(15)31-21(18)28/h3-12H,1-2H3,(H,25,27)(H,23,24,26). The molecule has 0 saturated heterocycles. The van der Waals surface area contributed by atoms with Gasteiger partial charge in [0.15, 0.2) is 0 Å². The Kier molecular flexibility index (Phi) is 5.45. The van der Waals surface area contributed by atoms with Crippen LogP contribution in [0.3, 0.4) is 0 Å². The zero-order valence-corrected chi connectivity index (χ0v) is 17.9. The largest absolute Gasteiger partial charge is 0.422 e. The fourth-order valence-corrected chi connectivity index (χ4v) is 4.03. The zero-order valence-electron chi connectivity index (χ0n) is 17.1. The predicted molar refractivity (Wildman–Crippen MR) is 119 cm³/mol. The van der Waals surface area contributed by atoms with Gasteiger partial charge in [-0.15, -0.1) is 0 Å². The summed E-state index contributed by atoms with van der Waals surface area (Å²) in [7, 11) is -3.93. The van der Waals surface area contributed by atoms with Gasteiger partial charge in [0.25, 0.3) is 15.9 Å². The Morgan fingerprint density at radius 2 is 1.59 bits per heavy atom. The summed E-state index contributed by atoms with van der Waals surface area (Å²) < 4.78 is 32.7. The number of nitrogens with zero attached hydrogens (tertiary/aromatic N) is 2. The summed E-state index contributed by atoms with van der Waals surface area (Å²) in [4.78, 5) is 32.8. The van der Waals surface area contributed by atoms with Crippen molar-refractivity contribution in [3.63, 3.8) is 0 Å². The van der Waals surface area contributed by atoms with E-state index in [1.807, 2.05) is 0 Å². The summed E-state index contributed by atoms with van der Waals surface area (Å²) in [6.45, 7) is 3.47. The number of aryl methyl sites for hydroxylation is 2. The first-order valence-corrected chi connectivity index (χ1v) is 11.0. The lowest BCUT2D eigenvalue weighted by Crippen LogP contribution is -2.20. The average Bonchev–Trinajstić information content (AvgIpc) is 2.72. The molecule has 4 rings (SSSR count). The van der Waals surface area contributed by atoms with Crippen LogP contribution in [0.15, 0.2) is 74.8 Å². The minimum Gasteiger partial charge on any atom is -0.422 e. The van der Waals surface area contributed by atoms with E-state index in [1.165, 1.54) is 30.3 Å². The predicted octanol–water partition coefficient (Wildman–Crippen LogP) is 3.25.